The van der Waals surface area contributed by atoms with Gasteiger partial charge in [0.2, 0.25) is 0 Å². The molecule has 2 unspecified atom stereocenters. The molecule has 0 bridgehead atoms. The first kappa shape index (κ1) is 11.9. The van der Waals surface area contributed by atoms with E-state index in [1.807, 2.05) is 6.20 Å². The van der Waals surface area contributed by atoms with Crippen LogP contribution in [0.5, 0.6) is 0 Å². The molecule has 1 N–H and O–H groups in total. The van der Waals surface area contributed by atoms with Gasteiger partial charge in [0.05, 0.1) is 11.7 Å². The van der Waals surface area contributed by atoms with Crippen LogP contribution in [0.25, 0.3) is 10.9 Å². The van der Waals surface area contributed by atoms with Crippen LogP contribution in [0.4, 0.5) is 0 Å². The summed E-state index contributed by atoms with van der Waals surface area (Å²) in [5.74, 6) is 1.44. The van der Waals surface area contributed by atoms with Crippen LogP contribution in [-0.4, -0.2) is 28.2 Å². The molecule has 0 radical (unpaired) electrons. The van der Waals surface area contributed by atoms with Gasteiger partial charge in [0.15, 0.2) is 0 Å². The monoisotopic (exact) mass is 265 g/mol. The SMILES string of the molecule is C1=CC2CCN(Cc3cccc4[nH]ncc34)CC2C=C1. The zero-order chi connectivity index (χ0) is 13.4. The molecule has 20 heavy (non-hydrogen) atoms. The smallest absolute Gasteiger partial charge is 0.0653 e. The number of benzene rings is 1. The highest BCUT2D eigenvalue weighted by Gasteiger charge is 2.26. The quantitative estimate of drug-likeness (QED) is 0.904. The van der Waals surface area contributed by atoms with Crippen LogP contribution in [0.3, 0.4) is 0 Å². The number of piperidine rings is 1. The number of nitrogens with one attached hydrogen (secondary N) is 1. The largest absolute Gasteiger partial charge is 0.298 e. The fraction of sp³-hybridized carbons (Fsp3) is 0.353. The van der Waals surface area contributed by atoms with Crippen molar-refractivity contribution >= 4 is 10.9 Å². The number of fused-ring (bicyclic) bond motifs is 2. The third kappa shape index (κ3) is 2.08. The van der Waals surface area contributed by atoms with Gasteiger partial charge in [-0.25, -0.2) is 0 Å². The standard InChI is InChI=1S/C17H19N3/c1-2-5-14-11-20(9-8-13(14)4-1)12-15-6-3-7-17-16(15)10-18-19-17/h1-7,10,13-14H,8-9,11-12H2,(H,18,19). The molecule has 2 aromatic rings. The van der Waals surface area contributed by atoms with E-state index in [9.17, 15) is 0 Å². The zero-order valence-electron chi connectivity index (χ0n) is 11.5. The van der Waals surface area contributed by atoms with Gasteiger partial charge in [-0.2, -0.15) is 5.10 Å². The van der Waals surface area contributed by atoms with E-state index in [0.29, 0.717) is 5.92 Å². The lowest BCUT2D eigenvalue weighted by Gasteiger charge is -2.37. The normalized spacial score (nSPS) is 26.0. The Morgan fingerprint density at radius 2 is 2.10 bits per heavy atom. The van der Waals surface area contributed by atoms with E-state index >= 15 is 0 Å². The van der Waals surface area contributed by atoms with Gasteiger partial charge in [-0.1, -0.05) is 36.4 Å². The Hall–Kier alpha value is -1.87. The summed E-state index contributed by atoms with van der Waals surface area (Å²) < 4.78 is 0. The summed E-state index contributed by atoms with van der Waals surface area (Å²) in [7, 11) is 0. The third-order valence-corrected chi connectivity index (χ3v) is 4.59. The van der Waals surface area contributed by atoms with Crippen molar-refractivity contribution in [2.45, 2.75) is 13.0 Å². The van der Waals surface area contributed by atoms with Crippen molar-refractivity contribution in [3.05, 3.63) is 54.3 Å². The molecular formula is C17H19N3. The Balaban J connectivity index is 1.53. The highest BCUT2D eigenvalue weighted by atomic mass is 15.1. The van der Waals surface area contributed by atoms with Crippen LogP contribution in [-0.2, 0) is 6.54 Å². The zero-order valence-corrected chi connectivity index (χ0v) is 11.5. The summed E-state index contributed by atoms with van der Waals surface area (Å²) in [6.45, 7) is 3.38. The molecule has 2 aliphatic rings. The Morgan fingerprint density at radius 1 is 1.20 bits per heavy atom. The van der Waals surface area contributed by atoms with E-state index in [0.717, 1.165) is 18.0 Å². The van der Waals surface area contributed by atoms with Crippen molar-refractivity contribution in [3.63, 3.8) is 0 Å². The van der Waals surface area contributed by atoms with Crippen molar-refractivity contribution < 1.29 is 0 Å². The predicted octanol–water partition coefficient (Wildman–Crippen LogP) is 3.13. The van der Waals surface area contributed by atoms with E-state index in [2.05, 4.69) is 57.6 Å². The first-order valence-electron chi connectivity index (χ1n) is 7.38. The summed E-state index contributed by atoms with van der Waals surface area (Å²) in [6, 6.07) is 6.43. The van der Waals surface area contributed by atoms with Gasteiger partial charge in [0.1, 0.15) is 0 Å². The highest BCUT2D eigenvalue weighted by molar-refractivity contribution is 5.81. The van der Waals surface area contributed by atoms with Crippen LogP contribution >= 0.6 is 0 Å². The second-order valence-electron chi connectivity index (χ2n) is 5.87. The molecule has 1 aliphatic heterocycles. The molecule has 102 valence electrons. The minimum Gasteiger partial charge on any atom is -0.298 e. The maximum atomic E-state index is 4.16. The van der Waals surface area contributed by atoms with E-state index in [-0.39, 0.29) is 0 Å². The summed E-state index contributed by atoms with van der Waals surface area (Å²) in [5.41, 5.74) is 2.52. The number of H-pyrrole nitrogens is 1. The molecule has 1 saturated heterocycles. The molecule has 2 heterocycles. The maximum absolute atomic E-state index is 4.16. The van der Waals surface area contributed by atoms with Gasteiger partial charge in [-0.05, 0) is 36.4 Å². The van der Waals surface area contributed by atoms with Gasteiger partial charge in [0.25, 0.3) is 0 Å². The lowest BCUT2D eigenvalue weighted by atomic mass is 9.82. The van der Waals surface area contributed by atoms with Crippen molar-refractivity contribution in [1.29, 1.82) is 0 Å². The van der Waals surface area contributed by atoms with Crippen molar-refractivity contribution in [2.75, 3.05) is 13.1 Å². The van der Waals surface area contributed by atoms with Gasteiger partial charge < -0.3 is 0 Å². The van der Waals surface area contributed by atoms with Crippen molar-refractivity contribution in [1.82, 2.24) is 15.1 Å². The third-order valence-electron chi connectivity index (χ3n) is 4.59. The number of nitrogens with zero attached hydrogens (tertiary/aromatic N) is 2. The highest BCUT2D eigenvalue weighted by Crippen LogP contribution is 2.30. The number of likely N-dealkylation sites (tertiary alicyclic amines) is 1. The van der Waals surface area contributed by atoms with E-state index in [1.54, 1.807) is 0 Å². The van der Waals surface area contributed by atoms with Crippen molar-refractivity contribution in [2.24, 2.45) is 11.8 Å². The van der Waals surface area contributed by atoms with Gasteiger partial charge in [-0.3, -0.25) is 10.00 Å². The lowest BCUT2D eigenvalue weighted by molar-refractivity contribution is 0.158. The van der Waals surface area contributed by atoms with Crippen LogP contribution in [0, 0.1) is 11.8 Å². The first-order chi connectivity index (χ1) is 9.90. The van der Waals surface area contributed by atoms with Gasteiger partial charge in [0, 0.05) is 18.5 Å². The summed E-state index contributed by atoms with van der Waals surface area (Å²) in [6.07, 6.45) is 12.4. The van der Waals surface area contributed by atoms with E-state index in [1.165, 1.54) is 30.5 Å². The topological polar surface area (TPSA) is 31.9 Å². The fourth-order valence-corrected chi connectivity index (χ4v) is 3.48. The molecule has 0 spiro atoms. The second-order valence-corrected chi connectivity index (χ2v) is 5.87. The molecule has 1 aliphatic carbocycles. The average Bonchev–Trinajstić information content (AvgIpc) is 2.97. The Morgan fingerprint density at radius 3 is 3.05 bits per heavy atom. The second kappa shape index (κ2) is 4.91. The molecule has 2 atom stereocenters. The minimum atomic E-state index is 0.692. The predicted molar refractivity (Wildman–Crippen MR) is 81.2 cm³/mol. The summed E-state index contributed by atoms with van der Waals surface area (Å²) >= 11 is 0. The van der Waals surface area contributed by atoms with Gasteiger partial charge >= 0.3 is 0 Å². The van der Waals surface area contributed by atoms with E-state index < -0.39 is 0 Å². The molecular weight excluding hydrogens is 246 g/mol. The molecule has 3 nitrogen and oxygen atoms in total. The number of rotatable bonds is 2. The van der Waals surface area contributed by atoms with Crippen LogP contribution in [0.2, 0.25) is 0 Å². The molecule has 1 fully saturated rings. The maximum Gasteiger partial charge on any atom is 0.0653 e. The Labute approximate surface area is 119 Å². The van der Waals surface area contributed by atoms with Crippen LogP contribution < -0.4 is 0 Å². The molecule has 3 heteroatoms. The van der Waals surface area contributed by atoms with Gasteiger partial charge in [-0.15, -0.1) is 0 Å². The number of aromatic nitrogens is 2. The molecule has 1 aromatic heterocycles. The average molecular weight is 265 g/mol. The van der Waals surface area contributed by atoms with Crippen molar-refractivity contribution in [3.8, 4) is 0 Å². The number of aromatic amines is 1. The van der Waals surface area contributed by atoms with Crippen LogP contribution in [0.1, 0.15) is 12.0 Å². The van der Waals surface area contributed by atoms with E-state index in [4.69, 9.17) is 0 Å². The number of allylic oxidation sites excluding steroid dienone is 3. The molecule has 1 aromatic carbocycles. The number of hydrogen-bond donors (Lipinski definition) is 1. The molecule has 4 rings (SSSR count). The minimum absolute atomic E-state index is 0.692. The Bertz CT molecular complexity index is 668. The summed E-state index contributed by atoms with van der Waals surface area (Å²) in [4.78, 5) is 2.58. The molecule has 0 saturated carbocycles. The van der Waals surface area contributed by atoms with Crippen LogP contribution in [0.15, 0.2) is 48.7 Å². The molecule has 0 amide bonds. The fourth-order valence-electron chi connectivity index (χ4n) is 3.48. The Kier molecular flexibility index (Phi) is 2.92. The lowest BCUT2D eigenvalue weighted by Crippen LogP contribution is -2.39. The number of hydrogen-bond acceptors (Lipinski definition) is 2. The summed E-state index contributed by atoms with van der Waals surface area (Å²) in [5, 5.41) is 8.47. The first-order valence-corrected chi connectivity index (χ1v) is 7.38.